The Balaban J connectivity index is 2.64. The summed E-state index contributed by atoms with van der Waals surface area (Å²) in [6, 6.07) is 0. The molecule has 0 spiro atoms. The number of methoxy groups -OCH3 is 1. The van der Waals surface area contributed by atoms with E-state index in [-0.39, 0.29) is 11.9 Å². The molecule has 0 saturated heterocycles. The lowest BCUT2D eigenvalue weighted by molar-refractivity contribution is -0.145. The van der Waals surface area contributed by atoms with E-state index in [1.165, 1.54) is 31.9 Å². The van der Waals surface area contributed by atoms with Gasteiger partial charge in [0.1, 0.15) is 0 Å². The largest absolute Gasteiger partial charge is 0.469 e. The van der Waals surface area contributed by atoms with E-state index < -0.39 is 0 Å². The topological polar surface area (TPSA) is 26.3 Å². The van der Waals surface area contributed by atoms with E-state index in [0.29, 0.717) is 0 Å². The van der Waals surface area contributed by atoms with Crippen LogP contribution in [0.2, 0.25) is 0 Å². The lowest BCUT2D eigenvalue weighted by Crippen LogP contribution is -2.15. The van der Waals surface area contributed by atoms with Crippen molar-refractivity contribution >= 4 is 5.97 Å². The summed E-state index contributed by atoms with van der Waals surface area (Å²) in [7, 11) is 1.47. The van der Waals surface area contributed by atoms with Crippen LogP contribution in [0.15, 0.2) is 36.0 Å². The van der Waals surface area contributed by atoms with E-state index >= 15 is 0 Å². The van der Waals surface area contributed by atoms with Crippen LogP contribution >= 0.6 is 0 Å². The molecule has 1 atom stereocenters. The van der Waals surface area contributed by atoms with Gasteiger partial charge in [-0.1, -0.05) is 36.0 Å². The summed E-state index contributed by atoms with van der Waals surface area (Å²) in [5.41, 5.74) is 1.44. The second kappa shape index (κ2) is 9.60. The van der Waals surface area contributed by atoms with Crippen molar-refractivity contribution in [1.82, 2.24) is 0 Å². The summed E-state index contributed by atoms with van der Waals surface area (Å²) in [5, 5.41) is 0. The van der Waals surface area contributed by atoms with Crippen LogP contribution in [0, 0.1) is 5.92 Å². The number of carbonyl (C=O) groups is 1. The fraction of sp³-hybridized carbons (Fsp3) is 0.588. The third-order valence-electron chi connectivity index (χ3n) is 3.54. The molecule has 0 bridgehead atoms. The zero-order valence-electron chi connectivity index (χ0n) is 12.2. The van der Waals surface area contributed by atoms with Crippen molar-refractivity contribution in [3.8, 4) is 0 Å². The van der Waals surface area contributed by atoms with E-state index in [2.05, 4.69) is 31.2 Å². The Kier molecular flexibility index (Phi) is 7.95. The minimum atomic E-state index is -0.0909. The number of esters is 1. The summed E-state index contributed by atoms with van der Waals surface area (Å²) in [6.45, 7) is 2.19. The van der Waals surface area contributed by atoms with Gasteiger partial charge in [-0.3, -0.25) is 4.79 Å². The molecule has 106 valence electrons. The average molecular weight is 262 g/mol. The van der Waals surface area contributed by atoms with Crippen LogP contribution in [0.4, 0.5) is 0 Å². The summed E-state index contributed by atoms with van der Waals surface area (Å²) in [4.78, 5) is 11.7. The molecular formula is C17H26O2. The number of allylic oxidation sites excluding steroid dienone is 6. The maximum Gasteiger partial charge on any atom is 0.308 e. The van der Waals surface area contributed by atoms with Crippen molar-refractivity contribution in [2.75, 3.05) is 7.11 Å². The predicted octanol–water partition coefficient (Wildman–Crippen LogP) is 4.58. The fourth-order valence-electron chi connectivity index (χ4n) is 2.29. The fourth-order valence-corrected chi connectivity index (χ4v) is 2.29. The molecule has 0 amide bonds. The van der Waals surface area contributed by atoms with Gasteiger partial charge in [0.15, 0.2) is 0 Å². The van der Waals surface area contributed by atoms with E-state index in [1.54, 1.807) is 0 Å². The first-order chi connectivity index (χ1) is 9.24. The Labute approximate surface area is 117 Å². The van der Waals surface area contributed by atoms with Crippen LogP contribution in [0.5, 0.6) is 0 Å². The molecular weight excluding hydrogens is 236 g/mol. The molecule has 0 heterocycles. The normalized spacial score (nSPS) is 28.5. The Morgan fingerprint density at radius 1 is 1.21 bits per heavy atom. The second-order valence-corrected chi connectivity index (χ2v) is 5.19. The molecule has 2 nitrogen and oxygen atoms in total. The Hall–Kier alpha value is -1.31. The summed E-state index contributed by atoms with van der Waals surface area (Å²) in [5.74, 6) is -0.103. The van der Waals surface area contributed by atoms with Gasteiger partial charge in [-0.05, 0) is 51.9 Å². The van der Waals surface area contributed by atoms with Crippen LogP contribution in [0.25, 0.3) is 0 Å². The number of hydrogen-bond donors (Lipinski definition) is 0. The average Bonchev–Trinajstić information content (AvgIpc) is 2.42. The van der Waals surface area contributed by atoms with E-state index in [4.69, 9.17) is 4.74 Å². The van der Waals surface area contributed by atoms with Crippen molar-refractivity contribution in [3.63, 3.8) is 0 Å². The van der Waals surface area contributed by atoms with E-state index in [1.807, 2.05) is 6.08 Å². The van der Waals surface area contributed by atoms with Gasteiger partial charge in [-0.2, -0.15) is 0 Å². The van der Waals surface area contributed by atoms with Crippen LogP contribution < -0.4 is 0 Å². The highest BCUT2D eigenvalue weighted by Gasteiger charge is 2.16. The molecule has 19 heavy (non-hydrogen) atoms. The van der Waals surface area contributed by atoms with Crippen molar-refractivity contribution in [2.45, 2.75) is 51.9 Å². The molecule has 0 N–H and O–H groups in total. The third kappa shape index (κ3) is 7.00. The van der Waals surface area contributed by atoms with Gasteiger partial charge in [0.25, 0.3) is 0 Å². The van der Waals surface area contributed by atoms with E-state index in [0.717, 1.165) is 25.7 Å². The Morgan fingerprint density at radius 2 is 2.00 bits per heavy atom. The Morgan fingerprint density at radius 3 is 2.79 bits per heavy atom. The van der Waals surface area contributed by atoms with Crippen molar-refractivity contribution in [2.24, 2.45) is 5.92 Å². The monoisotopic (exact) mass is 262 g/mol. The molecule has 1 unspecified atom stereocenters. The molecule has 2 heteroatoms. The van der Waals surface area contributed by atoms with Gasteiger partial charge in [-0.25, -0.2) is 0 Å². The molecule has 0 aromatic rings. The van der Waals surface area contributed by atoms with Crippen molar-refractivity contribution < 1.29 is 9.53 Å². The first-order valence-corrected chi connectivity index (χ1v) is 7.29. The molecule has 1 aliphatic carbocycles. The summed E-state index contributed by atoms with van der Waals surface area (Å²) < 4.78 is 4.87. The molecule has 0 saturated carbocycles. The lowest BCUT2D eigenvalue weighted by atomic mass is 9.97. The highest BCUT2D eigenvalue weighted by atomic mass is 16.5. The maximum absolute atomic E-state index is 11.7. The first kappa shape index (κ1) is 15.7. The smallest absolute Gasteiger partial charge is 0.308 e. The van der Waals surface area contributed by atoms with Gasteiger partial charge in [-0.15, -0.1) is 0 Å². The van der Waals surface area contributed by atoms with Crippen LogP contribution in [0.3, 0.4) is 0 Å². The standard InChI is InChI=1S/C17H26O2/c1-15-11-8-6-4-3-5-7-9-13-16(14-10-12-15)17(18)19-2/h3,5,7,9,12,16H,4,6,8,10-11,13-14H2,1-2H3/b5-3+,9-7-,15-12-. The highest BCUT2D eigenvalue weighted by Crippen LogP contribution is 2.17. The first-order valence-electron chi connectivity index (χ1n) is 7.29. The molecule has 0 radical (unpaired) electrons. The van der Waals surface area contributed by atoms with Crippen molar-refractivity contribution in [3.05, 3.63) is 36.0 Å². The summed E-state index contributed by atoms with van der Waals surface area (Å²) >= 11 is 0. The zero-order chi connectivity index (χ0) is 13.9. The van der Waals surface area contributed by atoms with Gasteiger partial charge in [0.05, 0.1) is 13.0 Å². The van der Waals surface area contributed by atoms with E-state index in [9.17, 15) is 4.79 Å². The number of carbonyl (C=O) groups excluding carboxylic acids is 1. The second-order valence-electron chi connectivity index (χ2n) is 5.19. The quantitative estimate of drug-likeness (QED) is 0.511. The molecule has 0 aromatic carbocycles. The predicted molar refractivity (Wildman–Crippen MR) is 79.9 cm³/mol. The minimum absolute atomic E-state index is 0.0124. The van der Waals surface area contributed by atoms with Gasteiger partial charge in [0.2, 0.25) is 0 Å². The Bertz CT molecular complexity index is 350. The SMILES string of the molecule is COC(=O)C1C/C=C\C=C\CCCC/C(C)=C\CC1. The lowest BCUT2D eigenvalue weighted by Gasteiger charge is -2.11. The summed E-state index contributed by atoms with van der Waals surface area (Å²) in [6.07, 6.45) is 18.1. The zero-order valence-corrected chi connectivity index (χ0v) is 12.2. The third-order valence-corrected chi connectivity index (χ3v) is 3.54. The molecule has 0 fully saturated rings. The molecule has 1 rings (SSSR count). The van der Waals surface area contributed by atoms with Crippen LogP contribution in [-0.4, -0.2) is 13.1 Å². The molecule has 0 aliphatic heterocycles. The van der Waals surface area contributed by atoms with Gasteiger partial charge < -0.3 is 4.74 Å². The van der Waals surface area contributed by atoms with Gasteiger partial charge >= 0.3 is 5.97 Å². The number of rotatable bonds is 1. The highest BCUT2D eigenvalue weighted by molar-refractivity contribution is 5.72. The molecule has 0 aromatic heterocycles. The van der Waals surface area contributed by atoms with Crippen molar-refractivity contribution in [1.29, 1.82) is 0 Å². The maximum atomic E-state index is 11.7. The van der Waals surface area contributed by atoms with Crippen LogP contribution in [-0.2, 0) is 9.53 Å². The number of hydrogen-bond acceptors (Lipinski definition) is 2. The number of ether oxygens (including phenoxy) is 1. The van der Waals surface area contributed by atoms with Gasteiger partial charge in [0, 0.05) is 0 Å². The molecule has 1 aliphatic rings. The van der Waals surface area contributed by atoms with Crippen LogP contribution in [0.1, 0.15) is 51.9 Å². The minimum Gasteiger partial charge on any atom is -0.469 e.